The van der Waals surface area contributed by atoms with E-state index < -0.39 is 0 Å². The van der Waals surface area contributed by atoms with Crippen molar-refractivity contribution in [2.45, 2.75) is 31.8 Å². The maximum atomic E-state index is 14.1. The SMILES string of the molecule is C[C@H]1CN(C(=O)CCN2CCc3sccc3[C@@H]2c2cccc(F)c2)CCN1C(=O)Nc1cccc(Cl)c1Cl. The molecule has 3 heterocycles. The lowest BCUT2D eigenvalue weighted by Gasteiger charge is -2.40. The van der Waals surface area contributed by atoms with Gasteiger partial charge >= 0.3 is 6.03 Å². The molecule has 0 unspecified atom stereocenters. The van der Waals surface area contributed by atoms with Crippen molar-refractivity contribution in [3.8, 4) is 0 Å². The highest BCUT2D eigenvalue weighted by Gasteiger charge is 2.33. The zero-order valence-corrected chi connectivity index (χ0v) is 23.3. The lowest BCUT2D eigenvalue weighted by atomic mass is 9.93. The number of benzene rings is 2. The van der Waals surface area contributed by atoms with E-state index in [4.69, 9.17) is 23.2 Å². The summed E-state index contributed by atoms with van der Waals surface area (Å²) in [7, 11) is 0. The van der Waals surface area contributed by atoms with Crippen molar-refractivity contribution >= 4 is 52.2 Å². The van der Waals surface area contributed by atoms with Crippen molar-refractivity contribution < 1.29 is 14.0 Å². The zero-order chi connectivity index (χ0) is 26.8. The number of nitrogens with one attached hydrogen (secondary N) is 1. The molecular formula is C28H29Cl2FN4O2S. The summed E-state index contributed by atoms with van der Waals surface area (Å²) in [5.74, 6) is -0.196. The number of anilines is 1. The number of piperazine rings is 1. The Hall–Kier alpha value is -2.65. The van der Waals surface area contributed by atoms with Crippen LogP contribution in [0.2, 0.25) is 10.0 Å². The van der Waals surface area contributed by atoms with E-state index in [0.717, 1.165) is 18.5 Å². The third kappa shape index (κ3) is 5.69. The zero-order valence-electron chi connectivity index (χ0n) is 21.0. The molecule has 0 spiro atoms. The van der Waals surface area contributed by atoms with E-state index in [1.165, 1.54) is 16.5 Å². The van der Waals surface area contributed by atoms with Crippen molar-refractivity contribution in [3.05, 3.63) is 85.8 Å². The monoisotopic (exact) mass is 574 g/mol. The minimum atomic E-state index is -0.272. The molecule has 3 aromatic rings. The summed E-state index contributed by atoms with van der Waals surface area (Å²) in [4.78, 5) is 33.3. The lowest BCUT2D eigenvalue weighted by Crippen LogP contribution is -2.56. The third-order valence-electron chi connectivity index (χ3n) is 7.28. The van der Waals surface area contributed by atoms with Crippen molar-refractivity contribution in [2.75, 3.05) is 38.0 Å². The molecule has 5 rings (SSSR count). The number of nitrogens with zero attached hydrogens (tertiary/aromatic N) is 3. The predicted octanol–water partition coefficient (Wildman–Crippen LogP) is 6.30. The maximum absolute atomic E-state index is 14.1. The first kappa shape index (κ1) is 26.9. The Bertz CT molecular complexity index is 1340. The number of thiophene rings is 1. The Morgan fingerprint density at radius 3 is 2.71 bits per heavy atom. The quantitative estimate of drug-likeness (QED) is 0.389. The third-order valence-corrected chi connectivity index (χ3v) is 9.09. The Kier molecular flexibility index (Phi) is 8.23. The molecule has 2 aliphatic rings. The van der Waals surface area contributed by atoms with Crippen LogP contribution in [0.1, 0.15) is 35.4 Å². The first-order valence-electron chi connectivity index (χ1n) is 12.7. The van der Waals surface area contributed by atoms with Crippen molar-refractivity contribution in [1.29, 1.82) is 0 Å². The summed E-state index contributed by atoms with van der Waals surface area (Å²) in [5.41, 5.74) is 2.57. The van der Waals surface area contributed by atoms with Crippen LogP contribution in [-0.4, -0.2) is 65.4 Å². The van der Waals surface area contributed by atoms with E-state index in [0.29, 0.717) is 48.3 Å². The molecule has 1 N–H and O–H groups in total. The molecule has 0 aliphatic carbocycles. The van der Waals surface area contributed by atoms with Gasteiger partial charge in [0, 0.05) is 50.1 Å². The first-order chi connectivity index (χ1) is 18.3. The van der Waals surface area contributed by atoms with E-state index in [1.54, 1.807) is 46.6 Å². The van der Waals surface area contributed by atoms with Crippen LogP contribution in [0.25, 0.3) is 0 Å². The highest BCUT2D eigenvalue weighted by molar-refractivity contribution is 7.10. The molecule has 2 aromatic carbocycles. The van der Waals surface area contributed by atoms with Gasteiger partial charge in [0.15, 0.2) is 0 Å². The standard InChI is InChI=1S/C28H29Cl2FN4O2S/c1-18-17-34(13-14-35(18)28(37)32-23-7-3-6-22(29)26(23)30)25(36)9-12-33-11-8-24-21(10-15-38-24)27(33)19-4-2-5-20(31)16-19/h2-7,10,15-16,18,27H,8-9,11-14,17H2,1H3,(H,32,37)/t18-,27-/m0/s1. The van der Waals surface area contributed by atoms with Crippen LogP contribution in [0.4, 0.5) is 14.9 Å². The Labute approximate surface area is 235 Å². The van der Waals surface area contributed by atoms with Gasteiger partial charge in [0.2, 0.25) is 5.91 Å². The number of urea groups is 1. The summed E-state index contributed by atoms with van der Waals surface area (Å²) < 4.78 is 14.1. The largest absolute Gasteiger partial charge is 0.339 e. The van der Waals surface area contributed by atoms with E-state index in [-0.39, 0.29) is 29.8 Å². The molecule has 1 saturated heterocycles. The minimum Gasteiger partial charge on any atom is -0.339 e. The van der Waals surface area contributed by atoms with Gasteiger partial charge in [-0.2, -0.15) is 0 Å². The molecule has 6 nitrogen and oxygen atoms in total. The second kappa shape index (κ2) is 11.6. The van der Waals surface area contributed by atoms with Crippen LogP contribution in [0.3, 0.4) is 0 Å². The Morgan fingerprint density at radius 2 is 1.92 bits per heavy atom. The Balaban J connectivity index is 1.19. The average molecular weight is 576 g/mol. The average Bonchev–Trinajstić information content (AvgIpc) is 3.38. The summed E-state index contributed by atoms with van der Waals surface area (Å²) in [5, 5.41) is 5.59. The molecule has 0 radical (unpaired) electrons. The maximum Gasteiger partial charge on any atom is 0.322 e. The molecule has 2 atom stereocenters. The number of carbonyl (C=O) groups excluding carboxylic acids is 2. The fourth-order valence-corrected chi connectivity index (χ4v) is 6.60. The van der Waals surface area contributed by atoms with Crippen LogP contribution in [0, 0.1) is 5.82 Å². The minimum absolute atomic E-state index is 0.0592. The van der Waals surface area contributed by atoms with Gasteiger partial charge in [-0.1, -0.05) is 41.4 Å². The van der Waals surface area contributed by atoms with Crippen LogP contribution in [-0.2, 0) is 11.2 Å². The van der Waals surface area contributed by atoms with Gasteiger partial charge < -0.3 is 15.1 Å². The summed E-state index contributed by atoms with van der Waals surface area (Å²) in [6.07, 6.45) is 1.29. The van der Waals surface area contributed by atoms with E-state index in [9.17, 15) is 14.0 Å². The smallest absolute Gasteiger partial charge is 0.322 e. The molecule has 1 aromatic heterocycles. The van der Waals surface area contributed by atoms with Gasteiger partial charge in [-0.05, 0) is 60.2 Å². The molecule has 0 saturated carbocycles. The van der Waals surface area contributed by atoms with Crippen LogP contribution in [0.5, 0.6) is 0 Å². The first-order valence-corrected chi connectivity index (χ1v) is 14.3. The summed E-state index contributed by atoms with van der Waals surface area (Å²) >= 11 is 14.0. The van der Waals surface area contributed by atoms with E-state index in [2.05, 4.69) is 21.7 Å². The molecular weight excluding hydrogens is 546 g/mol. The number of rotatable bonds is 5. The molecule has 2 aliphatic heterocycles. The number of fused-ring (bicyclic) bond motifs is 1. The van der Waals surface area contributed by atoms with E-state index in [1.807, 2.05) is 17.9 Å². The van der Waals surface area contributed by atoms with E-state index >= 15 is 0 Å². The van der Waals surface area contributed by atoms with Crippen molar-refractivity contribution in [2.24, 2.45) is 0 Å². The molecule has 0 bridgehead atoms. The number of hydrogen-bond acceptors (Lipinski definition) is 4. The van der Waals surface area contributed by atoms with Crippen molar-refractivity contribution in [3.63, 3.8) is 0 Å². The van der Waals surface area contributed by atoms with Gasteiger partial charge in [0.1, 0.15) is 5.82 Å². The van der Waals surface area contributed by atoms with Gasteiger partial charge in [-0.3, -0.25) is 9.69 Å². The topological polar surface area (TPSA) is 55.9 Å². The van der Waals surface area contributed by atoms with Crippen LogP contribution < -0.4 is 5.32 Å². The molecule has 38 heavy (non-hydrogen) atoms. The fourth-order valence-electron chi connectivity index (χ4n) is 5.35. The summed E-state index contributed by atoms with van der Waals surface area (Å²) in [6.45, 7) is 4.67. The fraction of sp³-hybridized carbons (Fsp3) is 0.357. The number of carbonyl (C=O) groups is 2. The second-order valence-corrected chi connectivity index (χ2v) is 11.5. The van der Waals surface area contributed by atoms with Crippen LogP contribution >= 0.6 is 34.5 Å². The lowest BCUT2D eigenvalue weighted by molar-refractivity contribution is -0.134. The van der Waals surface area contributed by atoms with Crippen LogP contribution in [0.15, 0.2) is 53.9 Å². The highest BCUT2D eigenvalue weighted by Crippen LogP contribution is 2.38. The van der Waals surface area contributed by atoms with Gasteiger partial charge in [-0.15, -0.1) is 11.3 Å². The van der Waals surface area contributed by atoms with Gasteiger partial charge in [0.25, 0.3) is 0 Å². The normalized spacial score (nSPS) is 19.8. The van der Waals surface area contributed by atoms with Gasteiger partial charge in [-0.25, -0.2) is 9.18 Å². The Morgan fingerprint density at radius 1 is 1.11 bits per heavy atom. The van der Waals surface area contributed by atoms with Crippen molar-refractivity contribution in [1.82, 2.24) is 14.7 Å². The highest BCUT2D eigenvalue weighted by atomic mass is 35.5. The van der Waals surface area contributed by atoms with Gasteiger partial charge in [0.05, 0.1) is 21.8 Å². The number of hydrogen-bond donors (Lipinski definition) is 1. The second-order valence-electron chi connectivity index (χ2n) is 9.71. The molecule has 1 fully saturated rings. The summed E-state index contributed by atoms with van der Waals surface area (Å²) in [6, 6.07) is 13.5. The predicted molar refractivity (Wildman–Crippen MR) is 151 cm³/mol. The number of amides is 3. The molecule has 3 amide bonds. The molecule has 200 valence electrons. The molecule has 10 heteroatoms. The number of halogens is 3.